The fraction of sp³-hybridized carbons (Fsp3) is 0.360. The van der Waals surface area contributed by atoms with E-state index in [4.69, 9.17) is 9.47 Å². The number of carbonyl (C=O) groups is 2. The number of thiazole rings is 1. The van der Waals surface area contributed by atoms with Crippen LogP contribution in [0.15, 0.2) is 53.0 Å². The van der Waals surface area contributed by atoms with E-state index in [1.807, 2.05) is 48.1 Å². The molecule has 0 radical (unpaired) electrons. The Kier molecular flexibility index (Phi) is 9.12. The second-order valence-electron chi connectivity index (χ2n) is 7.94. The van der Waals surface area contributed by atoms with Crippen LogP contribution in [0.4, 0.5) is 0 Å². The highest BCUT2D eigenvalue weighted by atomic mass is 32.1. The molecule has 9 heteroatoms. The average Bonchev–Trinajstić information content (AvgIpc) is 3.19. The number of pyridine rings is 1. The Hall–Kier alpha value is -3.30. The van der Waals surface area contributed by atoms with Gasteiger partial charge in [0.2, 0.25) is 5.91 Å². The van der Waals surface area contributed by atoms with E-state index < -0.39 is 0 Å². The third-order valence-electron chi connectivity index (χ3n) is 4.91. The van der Waals surface area contributed by atoms with E-state index in [-0.39, 0.29) is 24.5 Å². The van der Waals surface area contributed by atoms with Crippen molar-refractivity contribution in [1.82, 2.24) is 14.9 Å². The van der Waals surface area contributed by atoms with E-state index >= 15 is 0 Å². The Morgan fingerprint density at radius 3 is 2.65 bits per heavy atom. The van der Waals surface area contributed by atoms with E-state index in [0.717, 1.165) is 17.0 Å². The number of nitrogens with one attached hydrogen (secondary N) is 1. The number of benzene rings is 1. The summed E-state index contributed by atoms with van der Waals surface area (Å²) < 4.78 is 12.6. The summed E-state index contributed by atoms with van der Waals surface area (Å²) in [6.45, 7) is 6.86. The van der Waals surface area contributed by atoms with Gasteiger partial charge in [0.1, 0.15) is 12.4 Å². The van der Waals surface area contributed by atoms with Crippen molar-refractivity contribution in [3.8, 4) is 17.0 Å². The quantitative estimate of drug-likeness (QED) is 0.446. The Bertz CT molecular complexity index is 1180. The van der Waals surface area contributed by atoms with Crippen molar-refractivity contribution >= 4 is 23.2 Å². The monoisotopic (exact) mass is 482 g/mol. The number of ether oxygens (including phenoxy) is 2. The van der Waals surface area contributed by atoms with Crippen LogP contribution in [0.1, 0.15) is 36.3 Å². The molecule has 0 aliphatic rings. The molecular weight excluding hydrogens is 452 g/mol. The zero-order chi connectivity index (χ0) is 24.5. The lowest BCUT2D eigenvalue weighted by atomic mass is 10.1. The number of aromatic nitrogens is 2. The second kappa shape index (κ2) is 12.2. The summed E-state index contributed by atoms with van der Waals surface area (Å²) >= 11 is 1.40. The molecule has 0 unspecified atom stereocenters. The van der Waals surface area contributed by atoms with Gasteiger partial charge < -0.3 is 19.4 Å². The van der Waals surface area contributed by atoms with Crippen molar-refractivity contribution in [3.63, 3.8) is 0 Å². The molecule has 34 heavy (non-hydrogen) atoms. The van der Waals surface area contributed by atoms with Crippen LogP contribution in [-0.2, 0) is 16.1 Å². The summed E-state index contributed by atoms with van der Waals surface area (Å²) in [6.07, 6.45) is 2.42. The molecule has 0 saturated carbocycles. The number of methoxy groups -OCH3 is 1. The maximum absolute atomic E-state index is 12.9. The highest BCUT2D eigenvalue weighted by Gasteiger charge is 2.13. The van der Waals surface area contributed by atoms with Gasteiger partial charge in [-0.05, 0) is 69.2 Å². The summed E-state index contributed by atoms with van der Waals surface area (Å²) in [5, 5.41) is 4.82. The molecule has 0 saturated heterocycles. The minimum Gasteiger partial charge on any atom is -0.491 e. The van der Waals surface area contributed by atoms with Gasteiger partial charge in [0.05, 0.1) is 23.1 Å². The molecule has 3 aromatic rings. The van der Waals surface area contributed by atoms with Gasteiger partial charge in [-0.25, -0.2) is 0 Å². The molecule has 0 bridgehead atoms. The van der Waals surface area contributed by atoms with Gasteiger partial charge in [0.25, 0.3) is 5.91 Å². The normalized spacial score (nSPS) is 11.6. The van der Waals surface area contributed by atoms with Crippen molar-refractivity contribution in [1.29, 1.82) is 0 Å². The topological polar surface area (TPSA) is 94.8 Å². The second-order valence-corrected chi connectivity index (χ2v) is 8.77. The first-order chi connectivity index (χ1) is 16.4. The molecule has 1 N–H and O–H groups in total. The fourth-order valence-electron chi connectivity index (χ4n) is 3.35. The SMILES string of the molecule is COCC(=O)NCCCn1c(-c2ccc(OC(C)C)cc2)csc1=NC(=O)c1cccnc1C. The first kappa shape index (κ1) is 25.3. The largest absolute Gasteiger partial charge is 0.491 e. The number of hydrogen-bond donors (Lipinski definition) is 1. The third kappa shape index (κ3) is 6.85. The zero-order valence-electron chi connectivity index (χ0n) is 19.9. The Labute approximate surface area is 203 Å². The molecule has 2 amide bonds. The number of rotatable bonds is 10. The van der Waals surface area contributed by atoms with Gasteiger partial charge in [-0.2, -0.15) is 4.99 Å². The van der Waals surface area contributed by atoms with E-state index in [1.54, 1.807) is 25.3 Å². The number of carbonyl (C=O) groups excluding carboxylic acids is 2. The first-order valence-corrected chi connectivity index (χ1v) is 12.0. The molecule has 1 aromatic carbocycles. The molecule has 2 aromatic heterocycles. The van der Waals surface area contributed by atoms with E-state index in [1.165, 1.54) is 18.4 Å². The summed E-state index contributed by atoms with van der Waals surface area (Å²) in [5.41, 5.74) is 3.05. The van der Waals surface area contributed by atoms with Gasteiger partial charge in [-0.1, -0.05) is 0 Å². The summed E-state index contributed by atoms with van der Waals surface area (Å²) in [6, 6.07) is 11.3. The lowest BCUT2D eigenvalue weighted by Gasteiger charge is -2.12. The lowest BCUT2D eigenvalue weighted by Crippen LogP contribution is -2.29. The Morgan fingerprint density at radius 1 is 1.21 bits per heavy atom. The highest BCUT2D eigenvalue weighted by Crippen LogP contribution is 2.24. The van der Waals surface area contributed by atoms with Gasteiger partial charge in [0, 0.05) is 31.8 Å². The fourth-order valence-corrected chi connectivity index (χ4v) is 4.28. The minimum absolute atomic E-state index is 0.0290. The predicted octanol–water partition coefficient (Wildman–Crippen LogP) is 3.60. The molecule has 0 spiro atoms. The maximum Gasteiger partial charge on any atom is 0.281 e. The van der Waals surface area contributed by atoms with Crippen molar-refractivity contribution < 1.29 is 19.1 Å². The molecule has 2 heterocycles. The number of nitrogens with zero attached hydrogens (tertiary/aromatic N) is 3. The standard InChI is InChI=1S/C25H30N4O4S/c1-17(2)33-20-10-8-19(9-11-20)22-16-34-25(28-24(31)21-7-5-12-26-18(21)3)29(22)14-6-13-27-23(30)15-32-4/h5,7-12,16-17H,6,13-15H2,1-4H3,(H,27,30). The van der Waals surface area contributed by atoms with Crippen molar-refractivity contribution in [2.24, 2.45) is 4.99 Å². The smallest absolute Gasteiger partial charge is 0.281 e. The van der Waals surface area contributed by atoms with Crippen LogP contribution in [0.2, 0.25) is 0 Å². The zero-order valence-corrected chi connectivity index (χ0v) is 20.7. The molecule has 0 aliphatic carbocycles. The van der Waals surface area contributed by atoms with Crippen LogP contribution in [0, 0.1) is 6.92 Å². The van der Waals surface area contributed by atoms with Crippen LogP contribution in [0.3, 0.4) is 0 Å². The van der Waals surface area contributed by atoms with Crippen LogP contribution in [0.5, 0.6) is 5.75 Å². The van der Waals surface area contributed by atoms with E-state index in [0.29, 0.717) is 35.6 Å². The Balaban J connectivity index is 1.89. The molecule has 180 valence electrons. The van der Waals surface area contributed by atoms with Crippen molar-refractivity contribution in [2.75, 3.05) is 20.3 Å². The van der Waals surface area contributed by atoms with Gasteiger partial charge in [-0.3, -0.25) is 14.6 Å². The van der Waals surface area contributed by atoms with Crippen LogP contribution in [0.25, 0.3) is 11.3 Å². The molecule has 0 aliphatic heterocycles. The maximum atomic E-state index is 12.9. The molecule has 0 atom stereocenters. The molecule has 8 nitrogen and oxygen atoms in total. The van der Waals surface area contributed by atoms with Crippen LogP contribution < -0.4 is 14.9 Å². The van der Waals surface area contributed by atoms with Gasteiger partial charge in [0.15, 0.2) is 4.80 Å². The Morgan fingerprint density at radius 2 is 1.97 bits per heavy atom. The van der Waals surface area contributed by atoms with Crippen LogP contribution in [-0.4, -0.2) is 47.7 Å². The van der Waals surface area contributed by atoms with Gasteiger partial charge in [-0.15, -0.1) is 11.3 Å². The molecule has 0 fully saturated rings. The van der Waals surface area contributed by atoms with E-state index in [9.17, 15) is 9.59 Å². The third-order valence-corrected chi connectivity index (χ3v) is 5.77. The van der Waals surface area contributed by atoms with Crippen molar-refractivity contribution in [3.05, 3.63) is 64.0 Å². The highest BCUT2D eigenvalue weighted by molar-refractivity contribution is 7.07. The summed E-state index contributed by atoms with van der Waals surface area (Å²) in [7, 11) is 1.49. The van der Waals surface area contributed by atoms with Gasteiger partial charge >= 0.3 is 0 Å². The first-order valence-electron chi connectivity index (χ1n) is 11.1. The summed E-state index contributed by atoms with van der Waals surface area (Å²) in [5.74, 6) is 0.307. The van der Waals surface area contributed by atoms with E-state index in [2.05, 4.69) is 15.3 Å². The number of hydrogen-bond acceptors (Lipinski definition) is 6. The lowest BCUT2D eigenvalue weighted by molar-refractivity contribution is -0.124. The number of amides is 2. The van der Waals surface area contributed by atoms with Crippen molar-refractivity contribution in [2.45, 2.75) is 39.8 Å². The predicted molar refractivity (Wildman–Crippen MR) is 132 cm³/mol. The number of aryl methyl sites for hydroxylation is 1. The minimum atomic E-state index is -0.332. The summed E-state index contributed by atoms with van der Waals surface area (Å²) in [4.78, 5) is 33.7. The average molecular weight is 483 g/mol. The molecule has 3 rings (SSSR count). The van der Waals surface area contributed by atoms with Crippen LogP contribution >= 0.6 is 11.3 Å². The molecular formula is C25H30N4O4S.